The number of aromatic nitrogens is 3. The number of para-hydroxylation sites is 2. The summed E-state index contributed by atoms with van der Waals surface area (Å²) in [4.78, 5) is 33.9. The number of anilines is 1. The first kappa shape index (κ1) is 16.7. The van der Waals surface area contributed by atoms with E-state index in [9.17, 15) is 9.59 Å². The number of carbonyl (C=O) groups is 1. The van der Waals surface area contributed by atoms with Crippen LogP contribution in [0.4, 0.5) is 5.95 Å². The minimum Gasteiger partial charge on any atom is -0.277 e. The standard InChI is InChI=1S/C20H17N5O2/c1-2-25-19(27)14-8-4-6-10-16(14)22-20(25)24-23-18(26)17-12-11-13-7-3-5-9-15(13)21-17/h3-12H,2H2,1H3,(H,22,24)(H,23,26). The molecule has 27 heavy (non-hydrogen) atoms. The number of pyridine rings is 1. The van der Waals surface area contributed by atoms with Crippen LogP contribution < -0.4 is 16.4 Å². The third-order valence-corrected chi connectivity index (χ3v) is 4.30. The van der Waals surface area contributed by atoms with E-state index in [1.807, 2.05) is 43.3 Å². The zero-order valence-electron chi connectivity index (χ0n) is 14.6. The molecular weight excluding hydrogens is 342 g/mol. The highest BCUT2D eigenvalue weighted by Gasteiger charge is 2.12. The van der Waals surface area contributed by atoms with Crippen LogP contribution in [0.15, 0.2) is 65.5 Å². The molecule has 0 saturated heterocycles. The molecule has 0 radical (unpaired) electrons. The number of hydrogen-bond donors (Lipinski definition) is 2. The number of hydrogen-bond acceptors (Lipinski definition) is 5. The van der Waals surface area contributed by atoms with Crippen LogP contribution in [-0.2, 0) is 6.54 Å². The largest absolute Gasteiger partial charge is 0.288 e. The monoisotopic (exact) mass is 359 g/mol. The molecule has 0 bridgehead atoms. The lowest BCUT2D eigenvalue weighted by atomic mass is 10.2. The van der Waals surface area contributed by atoms with E-state index in [0.717, 1.165) is 10.9 Å². The molecule has 2 N–H and O–H groups in total. The van der Waals surface area contributed by atoms with Crippen molar-refractivity contribution < 1.29 is 4.79 Å². The third-order valence-electron chi connectivity index (χ3n) is 4.30. The third kappa shape index (κ3) is 3.10. The number of fused-ring (bicyclic) bond motifs is 2. The van der Waals surface area contributed by atoms with Gasteiger partial charge in [0.05, 0.1) is 16.4 Å². The Morgan fingerprint density at radius 2 is 1.70 bits per heavy atom. The van der Waals surface area contributed by atoms with Gasteiger partial charge in [-0.05, 0) is 31.2 Å². The Morgan fingerprint density at radius 1 is 0.963 bits per heavy atom. The lowest BCUT2D eigenvalue weighted by Crippen LogP contribution is -2.34. The van der Waals surface area contributed by atoms with E-state index in [2.05, 4.69) is 20.8 Å². The van der Waals surface area contributed by atoms with Crippen molar-refractivity contribution in [1.29, 1.82) is 0 Å². The molecule has 0 aliphatic rings. The lowest BCUT2D eigenvalue weighted by molar-refractivity contribution is 0.0957. The van der Waals surface area contributed by atoms with Gasteiger partial charge in [0, 0.05) is 11.9 Å². The summed E-state index contributed by atoms with van der Waals surface area (Å²) >= 11 is 0. The fraction of sp³-hybridized carbons (Fsp3) is 0.100. The van der Waals surface area contributed by atoms with E-state index >= 15 is 0 Å². The smallest absolute Gasteiger partial charge is 0.277 e. The highest BCUT2D eigenvalue weighted by molar-refractivity contribution is 5.95. The number of nitrogens with zero attached hydrogens (tertiary/aromatic N) is 3. The van der Waals surface area contributed by atoms with Crippen molar-refractivity contribution in [1.82, 2.24) is 20.0 Å². The Labute approximate surface area is 154 Å². The second-order valence-electron chi connectivity index (χ2n) is 5.97. The Balaban J connectivity index is 1.62. The minimum atomic E-state index is -0.411. The zero-order chi connectivity index (χ0) is 18.8. The molecule has 2 aromatic heterocycles. The van der Waals surface area contributed by atoms with Gasteiger partial charge in [0.1, 0.15) is 5.69 Å². The van der Waals surface area contributed by atoms with Gasteiger partial charge in [-0.25, -0.2) is 9.97 Å². The van der Waals surface area contributed by atoms with Gasteiger partial charge in [-0.2, -0.15) is 0 Å². The molecule has 4 aromatic rings. The first-order valence-corrected chi connectivity index (χ1v) is 8.59. The minimum absolute atomic E-state index is 0.163. The highest BCUT2D eigenvalue weighted by atomic mass is 16.2. The predicted molar refractivity (Wildman–Crippen MR) is 105 cm³/mol. The van der Waals surface area contributed by atoms with E-state index < -0.39 is 5.91 Å². The summed E-state index contributed by atoms with van der Waals surface area (Å²) < 4.78 is 1.47. The fourth-order valence-electron chi connectivity index (χ4n) is 2.93. The summed E-state index contributed by atoms with van der Waals surface area (Å²) in [6.07, 6.45) is 0. The van der Waals surface area contributed by atoms with Crippen LogP contribution in [0.1, 0.15) is 17.4 Å². The van der Waals surface area contributed by atoms with Crippen LogP contribution in [-0.4, -0.2) is 20.4 Å². The molecule has 2 heterocycles. The fourth-order valence-corrected chi connectivity index (χ4v) is 2.93. The van der Waals surface area contributed by atoms with Gasteiger partial charge in [0.25, 0.3) is 11.5 Å². The molecule has 0 atom stereocenters. The van der Waals surface area contributed by atoms with E-state index in [0.29, 0.717) is 17.4 Å². The number of nitrogens with one attached hydrogen (secondary N) is 2. The lowest BCUT2D eigenvalue weighted by Gasteiger charge is -2.14. The normalized spacial score (nSPS) is 10.9. The summed E-state index contributed by atoms with van der Waals surface area (Å²) in [5.41, 5.74) is 6.73. The van der Waals surface area contributed by atoms with Crippen molar-refractivity contribution in [2.45, 2.75) is 13.5 Å². The Hall–Kier alpha value is -3.74. The molecule has 7 heteroatoms. The second-order valence-corrected chi connectivity index (χ2v) is 5.97. The quantitative estimate of drug-likeness (QED) is 0.547. The van der Waals surface area contributed by atoms with Crippen molar-refractivity contribution >= 4 is 33.7 Å². The van der Waals surface area contributed by atoms with Gasteiger partial charge < -0.3 is 0 Å². The summed E-state index contributed by atoms with van der Waals surface area (Å²) in [5, 5.41) is 1.49. The molecule has 134 valence electrons. The van der Waals surface area contributed by atoms with Gasteiger partial charge >= 0.3 is 0 Å². The average molecular weight is 359 g/mol. The first-order chi connectivity index (χ1) is 13.2. The van der Waals surface area contributed by atoms with E-state index in [1.165, 1.54) is 4.57 Å². The second kappa shape index (κ2) is 6.87. The summed E-state index contributed by atoms with van der Waals surface area (Å²) in [6, 6.07) is 18.2. The molecule has 7 nitrogen and oxygen atoms in total. The SMILES string of the molecule is CCn1c(NNC(=O)c2ccc3ccccc3n2)nc2ccccc2c1=O. The van der Waals surface area contributed by atoms with Crippen LogP contribution in [0.3, 0.4) is 0 Å². The number of rotatable bonds is 4. The van der Waals surface area contributed by atoms with Crippen molar-refractivity contribution in [3.05, 3.63) is 76.7 Å². The summed E-state index contributed by atoms with van der Waals surface area (Å²) in [6.45, 7) is 2.26. The average Bonchev–Trinajstić information content (AvgIpc) is 2.71. The zero-order valence-corrected chi connectivity index (χ0v) is 14.6. The number of amides is 1. The van der Waals surface area contributed by atoms with Gasteiger partial charge in [0.2, 0.25) is 5.95 Å². The maximum absolute atomic E-state index is 12.6. The molecule has 0 fully saturated rings. The molecule has 0 spiro atoms. The van der Waals surface area contributed by atoms with E-state index in [4.69, 9.17) is 0 Å². The predicted octanol–water partition coefficient (Wildman–Crippen LogP) is 2.72. The number of benzene rings is 2. The molecular formula is C20H17N5O2. The van der Waals surface area contributed by atoms with Crippen molar-refractivity contribution in [3.63, 3.8) is 0 Å². The molecule has 1 amide bonds. The van der Waals surface area contributed by atoms with Crippen LogP contribution in [0, 0.1) is 0 Å². The summed E-state index contributed by atoms with van der Waals surface area (Å²) in [7, 11) is 0. The number of carbonyl (C=O) groups excluding carboxylic acids is 1. The van der Waals surface area contributed by atoms with Crippen LogP contribution in [0.5, 0.6) is 0 Å². The molecule has 0 unspecified atom stereocenters. The Bertz CT molecular complexity index is 1220. The maximum Gasteiger partial charge on any atom is 0.288 e. The van der Waals surface area contributed by atoms with E-state index in [-0.39, 0.29) is 17.2 Å². The topological polar surface area (TPSA) is 88.9 Å². The van der Waals surface area contributed by atoms with Crippen LogP contribution in [0.2, 0.25) is 0 Å². The van der Waals surface area contributed by atoms with E-state index in [1.54, 1.807) is 24.3 Å². The number of hydrazine groups is 1. The highest BCUT2D eigenvalue weighted by Crippen LogP contribution is 2.13. The van der Waals surface area contributed by atoms with Crippen LogP contribution >= 0.6 is 0 Å². The van der Waals surface area contributed by atoms with Gasteiger partial charge in [-0.3, -0.25) is 25.0 Å². The maximum atomic E-state index is 12.6. The van der Waals surface area contributed by atoms with Crippen molar-refractivity contribution in [2.24, 2.45) is 0 Å². The Kier molecular flexibility index (Phi) is 4.25. The van der Waals surface area contributed by atoms with Gasteiger partial charge in [-0.15, -0.1) is 0 Å². The van der Waals surface area contributed by atoms with Gasteiger partial charge in [0.15, 0.2) is 0 Å². The van der Waals surface area contributed by atoms with Crippen molar-refractivity contribution in [2.75, 3.05) is 5.43 Å². The van der Waals surface area contributed by atoms with Gasteiger partial charge in [-0.1, -0.05) is 36.4 Å². The molecule has 0 aliphatic carbocycles. The molecule has 0 aliphatic heterocycles. The molecule has 2 aromatic carbocycles. The first-order valence-electron chi connectivity index (χ1n) is 8.59. The Morgan fingerprint density at radius 3 is 2.52 bits per heavy atom. The molecule has 4 rings (SSSR count). The molecule has 0 saturated carbocycles. The van der Waals surface area contributed by atoms with Crippen molar-refractivity contribution in [3.8, 4) is 0 Å². The summed E-state index contributed by atoms with van der Waals surface area (Å²) in [5.74, 6) is -0.138. The van der Waals surface area contributed by atoms with Crippen LogP contribution in [0.25, 0.3) is 21.8 Å².